The van der Waals surface area contributed by atoms with Crippen molar-refractivity contribution < 1.29 is 4.57 Å². The number of hydrogen-bond acceptors (Lipinski definition) is 1. The largest absolute Gasteiger partial charge is 0.398 e. The maximum Gasteiger partial charge on any atom is 0.170 e. The highest BCUT2D eigenvalue weighted by Gasteiger charge is 2.03. The van der Waals surface area contributed by atoms with Gasteiger partial charge in [0.1, 0.15) is 0 Å². The molecule has 0 amide bonds. The summed E-state index contributed by atoms with van der Waals surface area (Å²) in [5.41, 5.74) is 7.57. The van der Waals surface area contributed by atoms with Crippen LogP contribution in [0, 0.1) is 0 Å². The molecule has 0 atom stereocenters. The second kappa shape index (κ2) is 5.39. The monoisotopic (exact) mass is 267 g/mol. The van der Waals surface area contributed by atoms with Crippen molar-refractivity contribution in [2.24, 2.45) is 0 Å². The first kappa shape index (κ1) is 12.2. The molecular formula is C13H13Cl2N2+. The number of halogens is 2. The van der Waals surface area contributed by atoms with E-state index in [0.29, 0.717) is 10.0 Å². The molecule has 0 aliphatic carbocycles. The Labute approximate surface area is 111 Å². The lowest BCUT2D eigenvalue weighted by Gasteiger charge is -2.01. The molecule has 0 aliphatic rings. The molecule has 4 heteroatoms. The fraction of sp³-hybridized carbons (Fsp3) is 0.154. The second-order valence-corrected chi connectivity index (χ2v) is 4.68. The van der Waals surface area contributed by atoms with Crippen LogP contribution < -0.4 is 10.3 Å². The number of aromatic nitrogens is 1. The molecule has 0 fully saturated rings. The van der Waals surface area contributed by atoms with Gasteiger partial charge in [0.25, 0.3) is 0 Å². The first-order valence-corrected chi connectivity index (χ1v) is 6.09. The summed E-state index contributed by atoms with van der Waals surface area (Å²) in [5, 5.41) is 1.20. The fourth-order valence-corrected chi connectivity index (χ4v) is 1.89. The van der Waals surface area contributed by atoms with Gasteiger partial charge in [-0.05, 0) is 17.7 Å². The molecular weight excluding hydrogens is 255 g/mol. The summed E-state index contributed by atoms with van der Waals surface area (Å²) in [7, 11) is 0. The first-order chi connectivity index (χ1) is 8.15. The van der Waals surface area contributed by atoms with Crippen molar-refractivity contribution in [3.8, 4) is 0 Å². The number of aryl methyl sites for hydroxylation is 2. The minimum atomic E-state index is 0.593. The Morgan fingerprint density at radius 2 is 1.71 bits per heavy atom. The Bertz CT molecular complexity index is 509. The quantitative estimate of drug-likeness (QED) is 0.852. The van der Waals surface area contributed by atoms with E-state index in [1.807, 2.05) is 42.7 Å². The van der Waals surface area contributed by atoms with Gasteiger partial charge in [-0.2, -0.15) is 0 Å². The molecule has 0 saturated carbocycles. The third-order valence-corrected chi connectivity index (χ3v) is 3.30. The predicted octanol–water partition coefficient (Wildman–Crippen LogP) is 3.11. The van der Waals surface area contributed by atoms with E-state index in [9.17, 15) is 0 Å². The van der Waals surface area contributed by atoms with Crippen LogP contribution >= 0.6 is 23.2 Å². The van der Waals surface area contributed by atoms with Gasteiger partial charge in [-0.3, -0.25) is 0 Å². The van der Waals surface area contributed by atoms with Crippen molar-refractivity contribution in [3.63, 3.8) is 0 Å². The number of nitrogen functional groups attached to an aromatic ring is 1. The van der Waals surface area contributed by atoms with Crippen LogP contribution in [0.25, 0.3) is 0 Å². The van der Waals surface area contributed by atoms with E-state index in [1.165, 1.54) is 5.56 Å². The maximum absolute atomic E-state index is 5.96. The molecule has 1 heterocycles. The van der Waals surface area contributed by atoms with E-state index < -0.39 is 0 Å². The van der Waals surface area contributed by atoms with E-state index in [0.717, 1.165) is 18.7 Å². The topological polar surface area (TPSA) is 29.9 Å². The molecule has 0 saturated heterocycles. The summed E-state index contributed by atoms with van der Waals surface area (Å²) < 4.78 is 2.08. The molecule has 1 aromatic carbocycles. The number of rotatable bonds is 3. The molecule has 0 spiro atoms. The summed E-state index contributed by atoms with van der Waals surface area (Å²) >= 11 is 11.8. The van der Waals surface area contributed by atoms with Gasteiger partial charge in [-0.1, -0.05) is 29.3 Å². The van der Waals surface area contributed by atoms with Crippen LogP contribution in [0.4, 0.5) is 5.69 Å². The number of hydrogen-bond donors (Lipinski definition) is 1. The minimum absolute atomic E-state index is 0.593. The third-order valence-electron chi connectivity index (χ3n) is 2.56. The van der Waals surface area contributed by atoms with Gasteiger partial charge in [-0.25, -0.2) is 4.57 Å². The average molecular weight is 268 g/mol. The lowest BCUT2D eigenvalue weighted by atomic mass is 10.1. The summed E-state index contributed by atoms with van der Waals surface area (Å²) in [5.74, 6) is 0. The number of nitrogens with zero attached hydrogens (tertiary/aromatic N) is 1. The normalized spacial score (nSPS) is 10.5. The van der Waals surface area contributed by atoms with Crippen LogP contribution in [0.3, 0.4) is 0 Å². The number of anilines is 1. The molecule has 0 unspecified atom stereocenters. The number of nitrogens with two attached hydrogens (primary N) is 1. The van der Waals surface area contributed by atoms with Crippen molar-refractivity contribution in [3.05, 3.63) is 58.3 Å². The summed E-state index contributed by atoms with van der Waals surface area (Å²) in [4.78, 5) is 0. The molecule has 2 nitrogen and oxygen atoms in total. The van der Waals surface area contributed by atoms with Crippen LogP contribution in [0.1, 0.15) is 5.56 Å². The Morgan fingerprint density at radius 1 is 1.00 bits per heavy atom. The second-order valence-electron chi connectivity index (χ2n) is 3.87. The van der Waals surface area contributed by atoms with Crippen LogP contribution in [-0.2, 0) is 13.0 Å². The molecule has 17 heavy (non-hydrogen) atoms. The Kier molecular flexibility index (Phi) is 3.87. The average Bonchev–Trinajstić information content (AvgIpc) is 2.33. The Hall–Kier alpha value is -1.25. The van der Waals surface area contributed by atoms with Crippen LogP contribution in [0.15, 0.2) is 42.7 Å². The van der Waals surface area contributed by atoms with E-state index in [-0.39, 0.29) is 0 Å². The zero-order valence-corrected chi connectivity index (χ0v) is 10.7. The molecule has 2 N–H and O–H groups in total. The zero-order chi connectivity index (χ0) is 12.3. The lowest BCUT2D eigenvalue weighted by Crippen LogP contribution is -2.33. The smallest absolute Gasteiger partial charge is 0.170 e. The molecule has 2 rings (SSSR count). The lowest BCUT2D eigenvalue weighted by molar-refractivity contribution is -0.696. The van der Waals surface area contributed by atoms with Crippen molar-refractivity contribution >= 4 is 28.9 Å². The molecule has 0 bridgehead atoms. The highest BCUT2D eigenvalue weighted by Crippen LogP contribution is 2.22. The standard InChI is InChI=1S/C13H12Cl2N2/c14-12-2-1-10(9-13(12)15)3-6-17-7-4-11(16)5-8-17/h1-2,4-5,7-9,16H,3,6H2/p+1. The van der Waals surface area contributed by atoms with Crippen molar-refractivity contribution in [2.45, 2.75) is 13.0 Å². The molecule has 0 radical (unpaired) electrons. The molecule has 88 valence electrons. The number of pyridine rings is 1. The first-order valence-electron chi connectivity index (χ1n) is 5.33. The van der Waals surface area contributed by atoms with E-state index in [2.05, 4.69) is 4.57 Å². The summed E-state index contributed by atoms with van der Waals surface area (Å²) in [6.07, 6.45) is 4.84. The van der Waals surface area contributed by atoms with Gasteiger partial charge < -0.3 is 5.73 Å². The molecule has 0 aliphatic heterocycles. The highest BCUT2D eigenvalue weighted by atomic mass is 35.5. The van der Waals surface area contributed by atoms with E-state index in [4.69, 9.17) is 28.9 Å². The van der Waals surface area contributed by atoms with Crippen molar-refractivity contribution in [1.29, 1.82) is 0 Å². The van der Waals surface area contributed by atoms with Crippen molar-refractivity contribution in [2.75, 3.05) is 5.73 Å². The maximum atomic E-state index is 5.96. The van der Waals surface area contributed by atoms with Gasteiger partial charge in [0, 0.05) is 24.2 Å². The van der Waals surface area contributed by atoms with E-state index in [1.54, 1.807) is 0 Å². The molecule has 2 aromatic rings. The predicted molar refractivity (Wildman–Crippen MR) is 71.2 cm³/mol. The van der Waals surface area contributed by atoms with Gasteiger partial charge in [0.2, 0.25) is 0 Å². The third kappa shape index (κ3) is 3.35. The van der Waals surface area contributed by atoms with Crippen LogP contribution in [0.2, 0.25) is 10.0 Å². The Balaban J connectivity index is 2.02. The van der Waals surface area contributed by atoms with Gasteiger partial charge in [-0.15, -0.1) is 0 Å². The molecule has 1 aromatic heterocycles. The van der Waals surface area contributed by atoms with Crippen LogP contribution in [0.5, 0.6) is 0 Å². The Morgan fingerprint density at radius 3 is 2.35 bits per heavy atom. The van der Waals surface area contributed by atoms with Gasteiger partial charge in [0.15, 0.2) is 18.9 Å². The SMILES string of the molecule is Nc1cc[n+](CCc2ccc(Cl)c(Cl)c2)cc1. The fourth-order valence-electron chi connectivity index (χ4n) is 1.57. The summed E-state index contributed by atoms with van der Waals surface area (Å²) in [6, 6.07) is 9.49. The van der Waals surface area contributed by atoms with Crippen LogP contribution in [-0.4, -0.2) is 0 Å². The highest BCUT2D eigenvalue weighted by molar-refractivity contribution is 6.42. The van der Waals surface area contributed by atoms with Crippen molar-refractivity contribution in [1.82, 2.24) is 0 Å². The van der Waals surface area contributed by atoms with Gasteiger partial charge >= 0.3 is 0 Å². The van der Waals surface area contributed by atoms with E-state index >= 15 is 0 Å². The zero-order valence-electron chi connectivity index (χ0n) is 9.24. The minimum Gasteiger partial charge on any atom is -0.398 e. The van der Waals surface area contributed by atoms with Gasteiger partial charge in [0.05, 0.1) is 10.0 Å². The number of benzene rings is 1. The summed E-state index contributed by atoms with van der Waals surface area (Å²) in [6.45, 7) is 0.887.